The summed E-state index contributed by atoms with van der Waals surface area (Å²) in [6, 6.07) is 15.2. The predicted octanol–water partition coefficient (Wildman–Crippen LogP) is 3.50. The van der Waals surface area contributed by atoms with E-state index in [2.05, 4.69) is 15.0 Å². The molecule has 0 saturated carbocycles. The third-order valence-electron chi connectivity index (χ3n) is 3.02. The third kappa shape index (κ3) is 2.19. The number of nitrogen functional groups attached to an aromatic ring is 1. The van der Waals surface area contributed by atoms with E-state index in [4.69, 9.17) is 10.2 Å². The molecular weight excluding hydrogens is 284 g/mol. The van der Waals surface area contributed by atoms with Crippen LogP contribution in [0.2, 0.25) is 0 Å². The lowest BCUT2D eigenvalue weighted by Gasteiger charge is -2.03. The molecule has 2 heterocycles. The molecule has 2 aromatic carbocycles. The van der Waals surface area contributed by atoms with Gasteiger partial charge in [-0.05, 0) is 36.0 Å². The van der Waals surface area contributed by atoms with Gasteiger partial charge in [0.1, 0.15) is 10.5 Å². The summed E-state index contributed by atoms with van der Waals surface area (Å²) in [6.07, 6.45) is 0. The largest absolute Gasteiger partial charge is 0.431 e. The Balaban J connectivity index is 1.77. The normalized spacial score (nSPS) is 11.2. The highest BCUT2D eigenvalue weighted by Gasteiger charge is 2.12. The van der Waals surface area contributed by atoms with Crippen molar-refractivity contribution in [3.8, 4) is 0 Å². The Kier molecular flexibility index (Phi) is 2.75. The molecule has 5 nitrogen and oxygen atoms in total. The van der Waals surface area contributed by atoms with Gasteiger partial charge in [0.05, 0.1) is 11.0 Å². The van der Waals surface area contributed by atoms with Gasteiger partial charge in [-0.15, -0.1) is 0 Å². The number of nitrogens with zero attached hydrogens (tertiary/aromatic N) is 3. The van der Waals surface area contributed by atoms with Gasteiger partial charge in [-0.2, -0.15) is 0 Å². The van der Waals surface area contributed by atoms with Crippen LogP contribution in [-0.4, -0.2) is 15.0 Å². The maximum absolute atomic E-state index is 5.96. The molecule has 0 unspecified atom stereocenters. The Morgan fingerprint density at radius 2 is 1.48 bits per heavy atom. The summed E-state index contributed by atoms with van der Waals surface area (Å²) >= 11 is 1.28. The van der Waals surface area contributed by atoms with Crippen molar-refractivity contribution in [2.45, 2.75) is 10.2 Å². The van der Waals surface area contributed by atoms with Crippen LogP contribution in [-0.2, 0) is 0 Å². The van der Waals surface area contributed by atoms with Crippen LogP contribution < -0.4 is 5.73 Å². The van der Waals surface area contributed by atoms with Crippen molar-refractivity contribution in [1.29, 1.82) is 0 Å². The molecule has 102 valence electrons. The van der Waals surface area contributed by atoms with Gasteiger partial charge in [-0.25, -0.2) is 15.0 Å². The fourth-order valence-corrected chi connectivity index (χ4v) is 2.79. The van der Waals surface area contributed by atoms with Crippen molar-refractivity contribution in [2.75, 3.05) is 5.73 Å². The van der Waals surface area contributed by atoms with Gasteiger partial charge < -0.3 is 10.2 Å². The van der Waals surface area contributed by atoms with Gasteiger partial charge in [-0.1, -0.05) is 24.3 Å². The highest BCUT2D eigenvalue weighted by Crippen LogP contribution is 2.32. The van der Waals surface area contributed by atoms with Crippen molar-refractivity contribution in [3.63, 3.8) is 0 Å². The van der Waals surface area contributed by atoms with E-state index < -0.39 is 0 Å². The molecule has 0 radical (unpaired) electrons. The summed E-state index contributed by atoms with van der Waals surface area (Å²) in [5, 5.41) is 1.10. The van der Waals surface area contributed by atoms with Crippen LogP contribution >= 0.6 is 11.8 Å². The van der Waals surface area contributed by atoms with Gasteiger partial charge in [0.2, 0.25) is 0 Å². The van der Waals surface area contributed by atoms with Gasteiger partial charge in [0.25, 0.3) is 5.22 Å². The first-order chi connectivity index (χ1) is 10.3. The maximum atomic E-state index is 5.96. The molecule has 4 aromatic rings. The molecule has 0 fully saturated rings. The van der Waals surface area contributed by atoms with Crippen LogP contribution in [0, 0.1) is 0 Å². The van der Waals surface area contributed by atoms with E-state index >= 15 is 0 Å². The standard InChI is InChI=1S/C15H10N4OS/c16-13-14(18-10-6-2-1-5-9(10)17-13)21-15-19-11-7-3-4-8-12(11)20-15/h1-8H,(H2,16,17). The zero-order valence-corrected chi connectivity index (χ0v) is 11.7. The Labute approximate surface area is 124 Å². The molecule has 21 heavy (non-hydrogen) atoms. The molecule has 0 aliphatic carbocycles. The summed E-state index contributed by atoms with van der Waals surface area (Å²) in [4.78, 5) is 13.3. The highest BCUT2D eigenvalue weighted by molar-refractivity contribution is 7.99. The fourth-order valence-electron chi connectivity index (χ4n) is 2.05. The van der Waals surface area contributed by atoms with Gasteiger partial charge in [0.15, 0.2) is 11.4 Å². The molecule has 0 saturated heterocycles. The molecule has 6 heteroatoms. The average Bonchev–Trinajstić information content (AvgIpc) is 2.90. The van der Waals surface area contributed by atoms with Crippen LogP contribution in [0.4, 0.5) is 5.82 Å². The van der Waals surface area contributed by atoms with Crippen LogP contribution in [0.15, 0.2) is 63.2 Å². The summed E-state index contributed by atoms with van der Waals surface area (Å²) in [5.74, 6) is 0.376. The number of hydrogen-bond acceptors (Lipinski definition) is 6. The number of benzene rings is 2. The summed E-state index contributed by atoms with van der Waals surface area (Å²) in [5.41, 5.74) is 9.09. The van der Waals surface area contributed by atoms with E-state index in [0.717, 1.165) is 22.1 Å². The van der Waals surface area contributed by atoms with Crippen LogP contribution in [0.3, 0.4) is 0 Å². The predicted molar refractivity (Wildman–Crippen MR) is 82.1 cm³/mol. The molecule has 2 aromatic heterocycles. The Morgan fingerprint density at radius 1 is 0.810 bits per heavy atom. The first-order valence-corrected chi connectivity index (χ1v) is 7.17. The van der Waals surface area contributed by atoms with Crippen LogP contribution in [0.1, 0.15) is 0 Å². The van der Waals surface area contributed by atoms with E-state index in [9.17, 15) is 0 Å². The molecule has 0 aliphatic heterocycles. The number of para-hydroxylation sites is 4. The Bertz CT molecular complexity index is 918. The van der Waals surface area contributed by atoms with E-state index in [1.54, 1.807) is 0 Å². The smallest absolute Gasteiger partial charge is 0.263 e. The topological polar surface area (TPSA) is 77.8 Å². The lowest BCUT2D eigenvalue weighted by Crippen LogP contribution is -1.97. The Morgan fingerprint density at radius 3 is 2.24 bits per heavy atom. The minimum absolute atomic E-state index is 0.376. The number of fused-ring (bicyclic) bond motifs is 2. The SMILES string of the molecule is Nc1nc2ccccc2nc1Sc1nc2ccccc2o1. The van der Waals surface area contributed by atoms with Crippen LogP contribution in [0.25, 0.3) is 22.1 Å². The molecule has 0 bridgehead atoms. The molecule has 0 spiro atoms. The monoisotopic (exact) mass is 294 g/mol. The van der Waals surface area contributed by atoms with Gasteiger partial charge in [-0.3, -0.25) is 0 Å². The quantitative estimate of drug-likeness (QED) is 0.609. The third-order valence-corrected chi connectivity index (χ3v) is 3.87. The number of oxazole rings is 1. The summed E-state index contributed by atoms with van der Waals surface area (Å²) < 4.78 is 5.67. The number of hydrogen-bond donors (Lipinski definition) is 1. The van der Waals surface area contributed by atoms with E-state index in [1.807, 2.05) is 48.5 Å². The first kappa shape index (κ1) is 12.2. The summed E-state index contributed by atoms with van der Waals surface area (Å²) in [6.45, 7) is 0. The second-order valence-corrected chi connectivity index (χ2v) is 5.39. The lowest BCUT2D eigenvalue weighted by molar-refractivity contribution is 0.489. The van der Waals surface area contributed by atoms with E-state index in [1.165, 1.54) is 11.8 Å². The Hall–Kier alpha value is -2.60. The molecular formula is C15H10N4OS. The molecule has 0 aliphatic rings. The zero-order valence-electron chi connectivity index (χ0n) is 10.9. The minimum atomic E-state index is 0.376. The van der Waals surface area contributed by atoms with Crippen molar-refractivity contribution < 1.29 is 4.42 Å². The number of rotatable bonds is 2. The molecule has 4 rings (SSSR count). The molecule has 0 atom stereocenters. The van der Waals surface area contributed by atoms with Crippen molar-refractivity contribution in [1.82, 2.24) is 15.0 Å². The fraction of sp³-hybridized carbons (Fsp3) is 0. The minimum Gasteiger partial charge on any atom is -0.431 e. The van der Waals surface area contributed by atoms with Crippen molar-refractivity contribution in [2.24, 2.45) is 0 Å². The number of anilines is 1. The highest BCUT2D eigenvalue weighted by atomic mass is 32.2. The maximum Gasteiger partial charge on any atom is 0.263 e. The second-order valence-electron chi connectivity index (χ2n) is 4.45. The van der Waals surface area contributed by atoms with Crippen LogP contribution in [0.5, 0.6) is 0 Å². The van der Waals surface area contributed by atoms with Crippen molar-refractivity contribution >= 4 is 39.7 Å². The number of aromatic nitrogens is 3. The van der Waals surface area contributed by atoms with E-state index in [0.29, 0.717) is 16.1 Å². The number of nitrogens with two attached hydrogens (primary N) is 1. The first-order valence-electron chi connectivity index (χ1n) is 6.35. The van der Waals surface area contributed by atoms with Gasteiger partial charge in [0, 0.05) is 0 Å². The summed E-state index contributed by atoms with van der Waals surface area (Å²) in [7, 11) is 0. The van der Waals surface area contributed by atoms with Gasteiger partial charge >= 0.3 is 0 Å². The van der Waals surface area contributed by atoms with Crippen molar-refractivity contribution in [3.05, 3.63) is 48.5 Å². The molecule has 0 amide bonds. The van der Waals surface area contributed by atoms with E-state index in [-0.39, 0.29) is 0 Å². The zero-order chi connectivity index (χ0) is 14.2. The second kappa shape index (κ2) is 4.75. The molecule has 2 N–H and O–H groups in total. The average molecular weight is 294 g/mol. The lowest BCUT2D eigenvalue weighted by atomic mass is 10.3.